The van der Waals surface area contributed by atoms with Crippen LogP contribution >= 0.6 is 0 Å². The Morgan fingerprint density at radius 1 is 0.267 bits per heavy atom. The highest BCUT2D eigenvalue weighted by Gasteiger charge is 1.72. The molecule has 1 heterocycles. The van der Waals surface area contributed by atoms with E-state index in [1.807, 2.05) is 221 Å². The van der Waals surface area contributed by atoms with E-state index in [9.17, 15) is 0 Å². The van der Waals surface area contributed by atoms with Crippen molar-refractivity contribution in [2.24, 2.45) is 0 Å². The Morgan fingerprint density at radius 3 is 0.489 bits per heavy atom. The van der Waals surface area contributed by atoms with Crippen LogP contribution in [0.2, 0.25) is 0 Å². The highest BCUT2D eigenvalue weighted by atomic mass is 14.6. The van der Waals surface area contributed by atoms with E-state index in [-0.39, 0.29) is 8.41 Å². The van der Waals surface area contributed by atoms with Gasteiger partial charge in [-0.15, -0.1) is 0 Å². The number of nitrogens with zero attached hydrogens (tertiary/aromatic N) is 1. The molecule has 0 N–H and O–H groups in total. The van der Waals surface area contributed by atoms with Crippen molar-refractivity contribution < 1.29 is 0 Å². The van der Waals surface area contributed by atoms with Gasteiger partial charge in [-0.25, -0.2) is 0 Å². The third-order valence-corrected chi connectivity index (χ3v) is 2.45. The van der Waals surface area contributed by atoms with Crippen LogP contribution in [0, 0.1) is 13.8 Å². The molecule has 45 heavy (non-hydrogen) atoms. The molecule has 0 atom stereocenters. The van der Waals surface area contributed by atoms with Gasteiger partial charge in [0.05, 0.1) is 0 Å². The van der Waals surface area contributed by atoms with Crippen molar-refractivity contribution in [3.8, 4) is 0 Å². The average molecular weight is 635 g/mol. The Hall–Kier alpha value is -2.35. The number of pyridine rings is 1. The predicted octanol–water partition coefficient (Wildman–Crippen LogP) is 17.0. The molecule has 0 spiro atoms. The molecule has 0 amide bonds. The summed E-state index contributed by atoms with van der Waals surface area (Å²) < 4.78 is 0. The molecule has 2 aromatic carbocycles. The van der Waals surface area contributed by atoms with Gasteiger partial charge >= 0.3 is 0 Å². The summed E-state index contributed by atoms with van der Waals surface area (Å²) in [4.78, 5) is 3.78. The van der Waals surface area contributed by atoms with Crippen LogP contribution in [0.1, 0.15) is 177 Å². The van der Waals surface area contributed by atoms with Gasteiger partial charge in [0.2, 0.25) is 0 Å². The fraction of sp³-hybridized carbons (Fsp3) is 0.605. The van der Waals surface area contributed by atoms with Gasteiger partial charge < -0.3 is 0 Å². The Morgan fingerprint density at radius 2 is 0.422 bits per heavy atom. The molecule has 2 heteroatoms. The molecule has 0 saturated carbocycles. The number of hydrogen-bond donors (Lipinski definition) is 0. The van der Waals surface area contributed by atoms with E-state index in [1.54, 1.807) is 12.4 Å². The molecule has 0 aliphatic rings. The number of aryl methyl sites for hydroxylation is 2. The lowest BCUT2D eigenvalue weighted by Gasteiger charge is -1.82. The quantitative estimate of drug-likeness (QED) is 0.224. The summed E-state index contributed by atoms with van der Waals surface area (Å²) in [5, 5.41) is 0. The fourth-order valence-electron chi connectivity index (χ4n) is 1.38. The van der Waals surface area contributed by atoms with Crippen LogP contribution in [0.3, 0.4) is 0 Å². The van der Waals surface area contributed by atoms with Crippen molar-refractivity contribution in [2.75, 3.05) is 0 Å². The van der Waals surface area contributed by atoms with Gasteiger partial charge in [-0.2, -0.15) is 0 Å². The van der Waals surface area contributed by atoms with Gasteiger partial charge in [-0.3, -0.25) is 4.98 Å². The average Bonchev–Trinajstić information content (AvgIpc) is 3.20. The van der Waals surface area contributed by atoms with Gasteiger partial charge in [0.25, 0.3) is 0 Å². The second-order valence-electron chi connectivity index (χ2n) is 4.33. The fourth-order valence-corrected chi connectivity index (χ4v) is 1.38. The number of rotatable bonds is 0. The molecule has 0 aliphatic heterocycles. The molecule has 1 nitrogen and oxygen atoms in total. The molecule has 3 aromatic rings. The zero-order chi connectivity index (χ0) is 38.5. The monoisotopic (exact) mass is 635 g/mol. The van der Waals surface area contributed by atoms with Crippen molar-refractivity contribution >= 4 is 8.41 Å². The van der Waals surface area contributed by atoms with Crippen molar-refractivity contribution in [3.63, 3.8) is 0 Å². The molecular formula is C43H93BN. The van der Waals surface area contributed by atoms with Crippen molar-refractivity contribution in [2.45, 2.75) is 180 Å². The second-order valence-corrected chi connectivity index (χ2v) is 4.33. The lowest BCUT2D eigenvalue weighted by atomic mass is 10.2. The van der Waals surface area contributed by atoms with E-state index in [2.05, 4.69) is 43.1 Å². The van der Waals surface area contributed by atoms with E-state index < -0.39 is 0 Å². The maximum atomic E-state index is 3.78. The van der Waals surface area contributed by atoms with Crippen molar-refractivity contribution in [1.82, 2.24) is 4.98 Å². The van der Waals surface area contributed by atoms with Crippen LogP contribution in [0.5, 0.6) is 0 Å². The van der Waals surface area contributed by atoms with E-state index >= 15 is 0 Å². The Bertz CT molecular complexity index is 476. The summed E-state index contributed by atoms with van der Waals surface area (Å²) in [6.07, 6.45) is 3.50. The minimum Gasteiger partial charge on any atom is -0.265 e. The third kappa shape index (κ3) is 170. The molecule has 0 aliphatic carbocycles. The number of hydrogen-bond acceptors (Lipinski definition) is 1. The van der Waals surface area contributed by atoms with Crippen LogP contribution in [0.25, 0.3) is 0 Å². The van der Waals surface area contributed by atoms with Gasteiger partial charge in [0.15, 0.2) is 0 Å². The van der Waals surface area contributed by atoms with Gasteiger partial charge in [0, 0.05) is 20.8 Å². The molecule has 0 fully saturated rings. The highest BCUT2D eigenvalue weighted by Crippen LogP contribution is 1.92. The predicted molar refractivity (Wildman–Crippen MR) is 229 cm³/mol. The molecule has 0 unspecified atom stereocenters. The van der Waals surface area contributed by atoms with Crippen LogP contribution in [-0.2, 0) is 0 Å². The first-order valence-corrected chi connectivity index (χ1v) is 18.7. The lowest BCUT2D eigenvalue weighted by molar-refractivity contribution is 1.33. The van der Waals surface area contributed by atoms with Crippen LogP contribution in [0.4, 0.5) is 0 Å². The van der Waals surface area contributed by atoms with Gasteiger partial charge in [-0.05, 0) is 26.0 Å². The first-order valence-electron chi connectivity index (χ1n) is 18.7. The third-order valence-electron chi connectivity index (χ3n) is 2.45. The van der Waals surface area contributed by atoms with Crippen molar-refractivity contribution in [3.05, 3.63) is 102 Å². The Kier molecular flexibility index (Phi) is 333. The van der Waals surface area contributed by atoms with E-state index in [0.717, 1.165) is 0 Å². The zero-order valence-electron chi connectivity index (χ0n) is 36.7. The zero-order valence-corrected chi connectivity index (χ0v) is 36.7. The molecular weight excluding hydrogens is 541 g/mol. The van der Waals surface area contributed by atoms with E-state index in [4.69, 9.17) is 0 Å². The van der Waals surface area contributed by atoms with E-state index in [0.29, 0.717) is 0 Å². The summed E-state index contributed by atoms with van der Waals surface area (Å²) in [5.41, 5.74) is 2.64. The Balaban J connectivity index is -0.0000000233. The number of benzene rings is 2. The molecule has 3 radical (unpaired) electrons. The van der Waals surface area contributed by atoms with E-state index in [1.165, 1.54) is 11.1 Å². The SMILES string of the molecule is CC.CC.CC.CC.CC.CC.CC.CC.CC.CC.CC.CC.Cc1ccccc1.Cc1ccccc1.[B].c1ccncc1. The molecule has 0 bridgehead atoms. The Labute approximate surface area is 295 Å². The summed E-state index contributed by atoms with van der Waals surface area (Å²) >= 11 is 0. The van der Waals surface area contributed by atoms with Crippen LogP contribution in [0.15, 0.2) is 91.3 Å². The maximum absolute atomic E-state index is 3.78. The topological polar surface area (TPSA) is 12.9 Å². The van der Waals surface area contributed by atoms with Gasteiger partial charge in [-0.1, -0.05) is 244 Å². The summed E-state index contributed by atoms with van der Waals surface area (Å²) in [5.74, 6) is 0. The number of aromatic nitrogens is 1. The van der Waals surface area contributed by atoms with Crippen molar-refractivity contribution in [1.29, 1.82) is 0 Å². The normalized spacial score (nSPS) is 5.38. The molecule has 0 saturated heterocycles. The largest absolute Gasteiger partial charge is 0.265 e. The summed E-state index contributed by atoms with van der Waals surface area (Å²) in [6, 6.07) is 26.2. The molecule has 273 valence electrons. The summed E-state index contributed by atoms with van der Waals surface area (Å²) in [6.45, 7) is 52.2. The maximum Gasteiger partial charge on any atom is 0.0267 e. The van der Waals surface area contributed by atoms with Crippen LogP contribution in [-0.4, -0.2) is 13.4 Å². The van der Waals surface area contributed by atoms with Crippen LogP contribution < -0.4 is 0 Å². The standard InChI is InChI=1S/2C7H8.C5H5N.12C2H6.B/c2*1-7-5-3-2-4-6-7;1-2-4-6-5-3-1;12*1-2;/h2*2-6H,1H3;1-5H;12*1-2H3;. The van der Waals surface area contributed by atoms with Gasteiger partial charge in [0.1, 0.15) is 0 Å². The minimum absolute atomic E-state index is 0. The lowest BCUT2D eigenvalue weighted by Crippen LogP contribution is -1.62. The molecule has 3 rings (SSSR count). The minimum atomic E-state index is 0. The smallest absolute Gasteiger partial charge is 0.0267 e. The first kappa shape index (κ1) is 84.2. The first-order chi connectivity index (χ1) is 21.8. The highest BCUT2D eigenvalue weighted by molar-refractivity contribution is 5.75. The second kappa shape index (κ2) is 178. The molecule has 1 aromatic heterocycles. The summed E-state index contributed by atoms with van der Waals surface area (Å²) in [7, 11) is 0.